The molecule has 0 spiro atoms. The molecule has 0 aliphatic rings. The van der Waals surface area contributed by atoms with Crippen LogP contribution in [-0.4, -0.2) is 21.2 Å². The minimum atomic E-state index is 0.241. The highest BCUT2D eigenvalue weighted by molar-refractivity contribution is 14.1. The van der Waals surface area contributed by atoms with Crippen molar-refractivity contribution in [1.29, 1.82) is 0 Å². The van der Waals surface area contributed by atoms with E-state index in [9.17, 15) is 0 Å². The summed E-state index contributed by atoms with van der Waals surface area (Å²) in [6.07, 6.45) is 1.91. The molecule has 4 nitrogen and oxygen atoms in total. The van der Waals surface area contributed by atoms with Gasteiger partial charge in [-0.15, -0.1) is 0 Å². The zero-order chi connectivity index (χ0) is 12.4. The topological polar surface area (TPSA) is 64.7 Å². The van der Waals surface area contributed by atoms with Crippen LogP contribution in [0.15, 0.2) is 27.8 Å². The normalized spacial score (nSPS) is 10.5. The van der Waals surface area contributed by atoms with Crippen molar-refractivity contribution in [2.75, 3.05) is 12.0 Å². The van der Waals surface area contributed by atoms with Crippen LogP contribution >= 0.6 is 50.3 Å². The fourth-order valence-corrected chi connectivity index (χ4v) is 2.53. The molecule has 1 aromatic carbocycles. The number of thioether (sulfide) groups is 1. The molecular formula is C10H8BrIN4S. The van der Waals surface area contributed by atoms with E-state index in [-0.39, 0.29) is 5.95 Å². The van der Waals surface area contributed by atoms with Crippen LogP contribution in [0.4, 0.5) is 5.95 Å². The van der Waals surface area contributed by atoms with E-state index in [1.165, 1.54) is 11.8 Å². The Morgan fingerprint density at radius 2 is 2.06 bits per heavy atom. The number of nitrogen functional groups attached to an aromatic ring is 1. The van der Waals surface area contributed by atoms with Gasteiger partial charge in [0.05, 0.1) is 0 Å². The fourth-order valence-electron chi connectivity index (χ4n) is 1.25. The second kappa shape index (κ2) is 5.49. The first-order valence-electron chi connectivity index (χ1n) is 4.61. The Bertz CT molecular complexity index is 564. The monoisotopic (exact) mass is 422 g/mol. The van der Waals surface area contributed by atoms with E-state index in [0.717, 1.165) is 13.6 Å². The zero-order valence-corrected chi connectivity index (χ0v) is 13.4. The molecule has 0 amide bonds. The molecule has 0 unspecified atom stereocenters. The summed E-state index contributed by atoms with van der Waals surface area (Å²) in [4.78, 5) is 12.5. The minimum Gasteiger partial charge on any atom is -0.368 e. The van der Waals surface area contributed by atoms with Gasteiger partial charge in [-0.3, -0.25) is 0 Å². The lowest BCUT2D eigenvalue weighted by Crippen LogP contribution is -2.01. The maximum atomic E-state index is 5.67. The van der Waals surface area contributed by atoms with E-state index >= 15 is 0 Å². The number of aromatic nitrogens is 3. The second-order valence-electron chi connectivity index (χ2n) is 3.13. The standard InChI is InChI=1S/C10H8BrIN4S/c1-17-10-15-8(14-9(13)16-10)6-4-5(12)2-3-7(6)11/h2-4H,1H3,(H2,13,14,15,16). The molecule has 0 fully saturated rings. The lowest BCUT2D eigenvalue weighted by molar-refractivity contribution is 0.927. The predicted molar refractivity (Wildman–Crippen MR) is 81.9 cm³/mol. The SMILES string of the molecule is CSc1nc(N)nc(-c2cc(I)ccc2Br)n1. The molecule has 2 aromatic rings. The number of rotatable bonds is 2. The van der Waals surface area contributed by atoms with Gasteiger partial charge in [-0.2, -0.15) is 9.97 Å². The zero-order valence-electron chi connectivity index (χ0n) is 8.82. The molecule has 0 radical (unpaired) electrons. The van der Waals surface area contributed by atoms with Crippen molar-refractivity contribution in [1.82, 2.24) is 15.0 Å². The summed E-state index contributed by atoms with van der Waals surface area (Å²) >= 11 is 7.18. The number of anilines is 1. The molecule has 1 heterocycles. The first kappa shape index (κ1) is 13.0. The van der Waals surface area contributed by atoms with Crippen molar-refractivity contribution >= 4 is 56.2 Å². The van der Waals surface area contributed by atoms with Gasteiger partial charge in [-0.1, -0.05) is 27.7 Å². The van der Waals surface area contributed by atoms with Gasteiger partial charge in [0.1, 0.15) is 0 Å². The molecule has 17 heavy (non-hydrogen) atoms. The van der Waals surface area contributed by atoms with Crippen LogP contribution < -0.4 is 5.73 Å². The van der Waals surface area contributed by atoms with Crippen LogP contribution in [0.1, 0.15) is 0 Å². The third-order valence-electron chi connectivity index (χ3n) is 1.98. The van der Waals surface area contributed by atoms with Crippen molar-refractivity contribution in [3.8, 4) is 11.4 Å². The predicted octanol–water partition coefficient (Wildman–Crippen LogP) is 3.21. The first-order valence-corrected chi connectivity index (χ1v) is 7.71. The number of nitrogens with zero attached hydrogens (tertiary/aromatic N) is 3. The summed E-state index contributed by atoms with van der Waals surface area (Å²) in [7, 11) is 0. The van der Waals surface area contributed by atoms with E-state index in [1.54, 1.807) is 0 Å². The van der Waals surface area contributed by atoms with Crippen LogP contribution in [0.2, 0.25) is 0 Å². The Morgan fingerprint density at radius 3 is 2.76 bits per heavy atom. The molecule has 0 aliphatic carbocycles. The number of hydrogen-bond donors (Lipinski definition) is 1. The van der Waals surface area contributed by atoms with Gasteiger partial charge in [0.25, 0.3) is 0 Å². The lowest BCUT2D eigenvalue weighted by atomic mass is 10.2. The van der Waals surface area contributed by atoms with Crippen molar-refractivity contribution in [2.24, 2.45) is 0 Å². The third kappa shape index (κ3) is 3.08. The number of nitrogens with two attached hydrogens (primary N) is 1. The van der Waals surface area contributed by atoms with E-state index in [1.807, 2.05) is 24.5 Å². The average Bonchev–Trinajstić information content (AvgIpc) is 2.31. The Morgan fingerprint density at radius 1 is 1.29 bits per heavy atom. The van der Waals surface area contributed by atoms with Gasteiger partial charge in [-0.05, 0) is 47.0 Å². The third-order valence-corrected chi connectivity index (χ3v) is 3.89. The summed E-state index contributed by atoms with van der Waals surface area (Å²) < 4.78 is 2.06. The lowest BCUT2D eigenvalue weighted by Gasteiger charge is -2.05. The van der Waals surface area contributed by atoms with Crippen molar-refractivity contribution in [3.05, 3.63) is 26.2 Å². The smallest absolute Gasteiger partial charge is 0.224 e. The van der Waals surface area contributed by atoms with Gasteiger partial charge in [0.15, 0.2) is 11.0 Å². The van der Waals surface area contributed by atoms with Crippen LogP contribution in [0.3, 0.4) is 0 Å². The Balaban J connectivity index is 2.59. The Kier molecular flexibility index (Phi) is 4.21. The molecule has 1 aromatic heterocycles. The second-order valence-corrected chi connectivity index (χ2v) is 6.00. The first-order chi connectivity index (χ1) is 8.10. The highest BCUT2D eigenvalue weighted by Gasteiger charge is 2.10. The highest BCUT2D eigenvalue weighted by atomic mass is 127. The molecule has 7 heteroatoms. The number of benzene rings is 1. The number of halogens is 2. The molecule has 2 N–H and O–H groups in total. The van der Waals surface area contributed by atoms with Gasteiger partial charge in [-0.25, -0.2) is 4.98 Å². The Hall–Kier alpha value is -0.410. The molecular weight excluding hydrogens is 415 g/mol. The molecule has 0 bridgehead atoms. The quantitative estimate of drug-likeness (QED) is 0.594. The van der Waals surface area contributed by atoms with E-state index in [4.69, 9.17) is 5.73 Å². The molecule has 2 rings (SSSR count). The summed E-state index contributed by atoms with van der Waals surface area (Å²) in [5.41, 5.74) is 6.59. The molecule has 0 saturated heterocycles. The van der Waals surface area contributed by atoms with Crippen molar-refractivity contribution in [3.63, 3.8) is 0 Å². The van der Waals surface area contributed by atoms with Crippen molar-refractivity contribution in [2.45, 2.75) is 5.16 Å². The Labute approximate surface area is 125 Å². The summed E-state index contributed by atoms with van der Waals surface area (Å²) in [5.74, 6) is 0.831. The van der Waals surface area contributed by atoms with Gasteiger partial charge in [0, 0.05) is 13.6 Å². The molecule has 88 valence electrons. The van der Waals surface area contributed by atoms with Crippen molar-refractivity contribution < 1.29 is 0 Å². The van der Waals surface area contributed by atoms with Crippen LogP contribution in [-0.2, 0) is 0 Å². The maximum Gasteiger partial charge on any atom is 0.224 e. The van der Waals surface area contributed by atoms with Gasteiger partial charge >= 0.3 is 0 Å². The minimum absolute atomic E-state index is 0.241. The average molecular weight is 423 g/mol. The summed E-state index contributed by atoms with van der Waals surface area (Å²) in [6.45, 7) is 0. The van der Waals surface area contributed by atoms with Crippen LogP contribution in [0.25, 0.3) is 11.4 Å². The number of hydrogen-bond acceptors (Lipinski definition) is 5. The molecule has 0 saturated carbocycles. The van der Waals surface area contributed by atoms with Gasteiger partial charge < -0.3 is 5.73 Å². The van der Waals surface area contributed by atoms with E-state index in [0.29, 0.717) is 11.0 Å². The largest absolute Gasteiger partial charge is 0.368 e. The molecule has 0 aliphatic heterocycles. The molecule has 0 atom stereocenters. The van der Waals surface area contributed by atoms with E-state index in [2.05, 4.69) is 53.5 Å². The fraction of sp³-hybridized carbons (Fsp3) is 0.100. The van der Waals surface area contributed by atoms with E-state index < -0.39 is 0 Å². The van der Waals surface area contributed by atoms with Crippen LogP contribution in [0, 0.1) is 3.57 Å². The maximum absolute atomic E-state index is 5.67. The van der Waals surface area contributed by atoms with Crippen LogP contribution in [0.5, 0.6) is 0 Å². The van der Waals surface area contributed by atoms with Gasteiger partial charge in [0.2, 0.25) is 5.95 Å². The summed E-state index contributed by atoms with van der Waals surface area (Å²) in [6, 6.07) is 5.98. The summed E-state index contributed by atoms with van der Waals surface area (Å²) in [5, 5.41) is 0.623. The highest BCUT2D eigenvalue weighted by Crippen LogP contribution is 2.28.